The van der Waals surface area contributed by atoms with Gasteiger partial charge in [0.15, 0.2) is 0 Å². The summed E-state index contributed by atoms with van der Waals surface area (Å²) in [5.74, 6) is -0.654. The molecule has 0 atom stereocenters. The minimum absolute atomic E-state index is 0.301. The van der Waals surface area contributed by atoms with Crippen LogP contribution >= 0.6 is 0 Å². The summed E-state index contributed by atoms with van der Waals surface area (Å²) in [4.78, 5) is 14.1. The summed E-state index contributed by atoms with van der Waals surface area (Å²) in [5, 5.41) is 5.99. The molecule has 0 unspecified atom stereocenters. The number of ether oxygens (including phenoxy) is 1. The lowest BCUT2D eigenvalue weighted by Crippen LogP contribution is -2.46. The van der Waals surface area contributed by atoms with Gasteiger partial charge >= 0.3 is 6.36 Å². The van der Waals surface area contributed by atoms with Gasteiger partial charge in [0.1, 0.15) is 5.75 Å². The van der Waals surface area contributed by atoms with Crippen molar-refractivity contribution in [2.24, 2.45) is 0 Å². The van der Waals surface area contributed by atoms with Gasteiger partial charge in [-0.1, -0.05) is 0 Å². The highest BCUT2D eigenvalue weighted by Crippen LogP contribution is 2.22. The largest absolute Gasteiger partial charge is 0.573 e. The quantitative estimate of drug-likeness (QED) is 0.857. The molecule has 1 aromatic carbocycles. The van der Waals surface area contributed by atoms with E-state index in [1.165, 1.54) is 12.1 Å². The second-order valence-corrected chi connectivity index (χ2v) is 4.92. The highest BCUT2D eigenvalue weighted by molar-refractivity contribution is 5.94. The van der Waals surface area contributed by atoms with Crippen molar-refractivity contribution in [1.29, 1.82) is 0 Å². The van der Waals surface area contributed by atoms with E-state index in [1.807, 2.05) is 0 Å². The van der Waals surface area contributed by atoms with E-state index < -0.39 is 6.36 Å². The molecule has 1 saturated heterocycles. The van der Waals surface area contributed by atoms with Crippen LogP contribution < -0.4 is 15.4 Å². The van der Waals surface area contributed by atoms with Crippen LogP contribution in [0, 0.1) is 0 Å². The lowest BCUT2D eigenvalue weighted by molar-refractivity contribution is -0.274. The van der Waals surface area contributed by atoms with Crippen molar-refractivity contribution in [2.45, 2.75) is 6.36 Å². The molecule has 1 amide bonds. The van der Waals surface area contributed by atoms with Gasteiger partial charge in [-0.2, -0.15) is 0 Å². The van der Waals surface area contributed by atoms with Crippen LogP contribution in [-0.4, -0.2) is 56.4 Å². The number of alkyl halides is 3. The number of amides is 1. The second-order valence-electron chi connectivity index (χ2n) is 4.92. The number of nitrogens with zero attached hydrogens (tertiary/aromatic N) is 1. The van der Waals surface area contributed by atoms with Gasteiger partial charge in [0.2, 0.25) is 0 Å². The Kier molecular flexibility index (Phi) is 5.62. The Balaban J connectivity index is 1.77. The average molecular weight is 317 g/mol. The fraction of sp³-hybridized carbons (Fsp3) is 0.500. The minimum Gasteiger partial charge on any atom is -0.406 e. The molecule has 22 heavy (non-hydrogen) atoms. The van der Waals surface area contributed by atoms with E-state index in [0.717, 1.165) is 44.9 Å². The van der Waals surface area contributed by atoms with Crippen molar-refractivity contribution in [3.8, 4) is 5.75 Å². The number of carbonyl (C=O) groups is 1. The molecule has 1 aliphatic heterocycles. The maximum Gasteiger partial charge on any atom is 0.573 e. The first-order valence-electron chi connectivity index (χ1n) is 7.01. The topological polar surface area (TPSA) is 53.6 Å². The first kappa shape index (κ1) is 16.6. The summed E-state index contributed by atoms with van der Waals surface area (Å²) >= 11 is 0. The van der Waals surface area contributed by atoms with Crippen LogP contribution in [0.1, 0.15) is 10.4 Å². The normalized spacial score (nSPS) is 16.3. The molecule has 0 aromatic heterocycles. The third kappa shape index (κ3) is 5.53. The standard InChI is InChI=1S/C14H18F3N3O2/c15-14(16,17)22-12-3-1-11(2-4-12)13(21)19-7-10-20-8-5-18-6-9-20/h1-4,18H,5-10H2,(H,19,21). The monoisotopic (exact) mass is 317 g/mol. The van der Waals surface area contributed by atoms with Crippen LogP contribution in [0.3, 0.4) is 0 Å². The summed E-state index contributed by atoms with van der Waals surface area (Å²) < 4.78 is 39.9. The molecule has 0 radical (unpaired) electrons. The number of carbonyl (C=O) groups excluding carboxylic acids is 1. The van der Waals surface area contributed by atoms with Crippen molar-refractivity contribution in [3.63, 3.8) is 0 Å². The molecule has 8 heteroatoms. The molecule has 2 rings (SSSR count). The van der Waals surface area contributed by atoms with E-state index >= 15 is 0 Å². The zero-order chi connectivity index (χ0) is 16.0. The molecule has 0 aliphatic carbocycles. The van der Waals surface area contributed by atoms with E-state index in [4.69, 9.17) is 0 Å². The number of piperazine rings is 1. The lowest BCUT2D eigenvalue weighted by Gasteiger charge is -2.27. The van der Waals surface area contributed by atoms with Gasteiger partial charge in [-0.05, 0) is 24.3 Å². The smallest absolute Gasteiger partial charge is 0.406 e. The van der Waals surface area contributed by atoms with Gasteiger partial charge < -0.3 is 15.4 Å². The molecule has 0 saturated carbocycles. The predicted molar refractivity (Wildman–Crippen MR) is 74.8 cm³/mol. The van der Waals surface area contributed by atoms with Gasteiger partial charge in [-0.25, -0.2) is 0 Å². The van der Waals surface area contributed by atoms with Crippen LogP contribution in [0.5, 0.6) is 5.75 Å². The third-order valence-electron chi connectivity index (χ3n) is 3.27. The Morgan fingerprint density at radius 1 is 1.23 bits per heavy atom. The molecule has 1 aromatic rings. The molecular weight excluding hydrogens is 299 g/mol. The van der Waals surface area contributed by atoms with Crippen LogP contribution in [0.2, 0.25) is 0 Å². The molecule has 1 aliphatic rings. The summed E-state index contributed by atoms with van der Waals surface area (Å²) in [5.41, 5.74) is 0.301. The molecule has 1 heterocycles. The van der Waals surface area contributed by atoms with Crippen molar-refractivity contribution >= 4 is 5.91 Å². The van der Waals surface area contributed by atoms with Crippen LogP contribution in [0.4, 0.5) is 13.2 Å². The van der Waals surface area contributed by atoms with Crippen LogP contribution in [0.25, 0.3) is 0 Å². The fourth-order valence-electron chi connectivity index (χ4n) is 2.17. The van der Waals surface area contributed by atoms with Gasteiger partial charge in [0, 0.05) is 44.8 Å². The zero-order valence-corrected chi connectivity index (χ0v) is 11.9. The molecule has 5 nitrogen and oxygen atoms in total. The highest BCUT2D eigenvalue weighted by Gasteiger charge is 2.31. The number of halogens is 3. The maximum absolute atomic E-state index is 12.0. The third-order valence-corrected chi connectivity index (χ3v) is 3.27. The number of hydrogen-bond donors (Lipinski definition) is 2. The summed E-state index contributed by atoms with van der Waals surface area (Å²) in [6, 6.07) is 4.86. The lowest BCUT2D eigenvalue weighted by atomic mass is 10.2. The minimum atomic E-state index is -4.73. The molecule has 122 valence electrons. The maximum atomic E-state index is 12.0. The molecule has 0 spiro atoms. The Labute approximate surface area is 126 Å². The van der Waals surface area contributed by atoms with Crippen LogP contribution in [-0.2, 0) is 0 Å². The van der Waals surface area contributed by atoms with Gasteiger partial charge in [0.25, 0.3) is 5.91 Å². The molecule has 0 bridgehead atoms. The van der Waals surface area contributed by atoms with Crippen LogP contribution in [0.15, 0.2) is 24.3 Å². The molecule has 2 N–H and O–H groups in total. The van der Waals surface area contributed by atoms with E-state index in [-0.39, 0.29) is 11.7 Å². The van der Waals surface area contributed by atoms with E-state index in [1.54, 1.807) is 0 Å². The number of rotatable bonds is 5. The highest BCUT2D eigenvalue weighted by atomic mass is 19.4. The first-order valence-corrected chi connectivity index (χ1v) is 7.01. The van der Waals surface area contributed by atoms with Gasteiger partial charge in [0.05, 0.1) is 0 Å². The van der Waals surface area contributed by atoms with E-state index in [9.17, 15) is 18.0 Å². The van der Waals surface area contributed by atoms with Crippen molar-refractivity contribution in [1.82, 2.24) is 15.5 Å². The number of hydrogen-bond acceptors (Lipinski definition) is 4. The van der Waals surface area contributed by atoms with E-state index in [0.29, 0.717) is 12.1 Å². The average Bonchev–Trinajstić information content (AvgIpc) is 2.47. The van der Waals surface area contributed by atoms with Gasteiger partial charge in [-0.3, -0.25) is 9.69 Å². The Bertz CT molecular complexity index is 485. The summed E-state index contributed by atoms with van der Waals surface area (Å²) in [6.45, 7) is 5.02. The van der Waals surface area contributed by atoms with E-state index in [2.05, 4.69) is 20.3 Å². The van der Waals surface area contributed by atoms with Crippen molar-refractivity contribution in [2.75, 3.05) is 39.3 Å². The Morgan fingerprint density at radius 2 is 1.86 bits per heavy atom. The van der Waals surface area contributed by atoms with Crippen molar-refractivity contribution in [3.05, 3.63) is 29.8 Å². The van der Waals surface area contributed by atoms with Gasteiger partial charge in [-0.15, -0.1) is 13.2 Å². The number of benzene rings is 1. The molecular formula is C14H18F3N3O2. The van der Waals surface area contributed by atoms with Crippen molar-refractivity contribution < 1.29 is 22.7 Å². The SMILES string of the molecule is O=C(NCCN1CCNCC1)c1ccc(OC(F)(F)F)cc1. The first-order chi connectivity index (χ1) is 10.4. The number of nitrogens with one attached hydrogen (secondary N) is 2. The fourth-order valence-corrected chi connectivity index (χ4v) is 2.17. The Hall–Kier alpha value is -1.80. The summed E-state index contributed by atoms with van der Waals surface area (Å²) in [6.07, 6.45) is -4.73. The zero-order valence-electron chi connectivity index (χ0n) is 11.9. The Morgan fingerprint density at radius 3 is 2.45 bits per heavy atom. The predicted octanol–water partition coefficient (Wildman–Crippen LogP) is 1.22. The second kappa shape index (κ2) is 7.46. The summed E-state index contributed by atoms with van der Waals surface area (Å²) in [7, 11) is 0. The molecule has 1 fully saturated rings.